The van der Waals surface area contributed by atoms with E-state index in [1.165, 1.54) is 6.07 Å². The van der Waals surface area contributed by atoms with Gasteiger partial charge in [0.15, 0.2) is 0 Å². The van der Waals surface area contributed by atoms with Crippen LogP contribution in [-0.2, 0) is 0 Å². The molecule has 1 unspecified atom stereocenters. The highest BCUT2D eigenvalue weighted by molar-refractivity contribution is 6.42. The first-order valence-corrected chi connectivity index (χ1v) is 6.77. The maximum absolute atomic E-state index is 13.1. The van der Waals surface area contributed by atoms with Crippen LogP contribution in [0.25, 0.3) is 0 Å². The van der Waals surface area contributed by atoms with E-state index < -0.39 is 5.82 Å². The third-order valence-corrected chi connectivity index (χ3v) is 3.78. The first kappa shape index (κ1) is 14.4. The molecule has 2 aromatic rings. The van der Waals surface area contributed by atoms with Gasteiger partial charge in [-0.3, -0.25) is 0 Å². The van der Waals surface area contributed by atoms with Gasteiger partial charge in [-0.2, -0.15) is 0 Å². The quantitative estimate of drug-likeness (QED) is 0.736. The molecule has 100 valence electrons. The summed E-state index contributed by atoms with van der Waals surface area (Å²) in [5.74, 6) is -0.424. The number of rotatable bonds is 3. The van der Waals surface area contributed by atoms with Gasteiger partial charge < -0.3 is 5.32 Å². The summed E-state index contributed by atoms with van der Waals surface area (Å²) in [6.07, 6.45) is 0. The summed E-state index contributed by atoms with van der Waals surface area (Å²) >= 11 is 17.6. The number of hydrogen-bond donors (Lipinski definition) is 1. The number of nitrogens with one attached hydrogen (secondary N) is 1. The van der Waals surface area contributed by atoms with E-state index in [2.05, 4.69) is 5.32 Å². The van der Waals surface area contributed by atoms with Gasteiger partial charge in [-0.15, -0.1) is 0 Å². The lowest BCUT2D eigenvalue weighted by molar-refractivity contribution is 0.627. The lowest BCUT2D eigenvalue weighted by Gasteiger charge is -2.16. The van der Waals surface area contributed by atoms with Crippen LogP contribution in [0.4, 0.5) is 10.1 Å². The van der Waals surface area contributed by atoms with Gasteiger partial charge in [-0.1, -0.05) is 40.9 Å². The van der Waals surface area contributed by atoms with E-state index in [0.29, 0.717) is 10.0 Å². The normalized spacial score (nSPS) is 12.3. The molecule has 0 radical (unpaired) electrons. The second kappa shape index (κ2) is 6.00. The maximum Gasteiger partial charge on any atom is 0.141 e. The van der Waals surface area contributed by atoms with Crippen LogP contribution < -0.4 is 5.32 Å². The van der Waals surface area contributed by atoms with Crippen molar-refractivity contribution < 1.29 is 4.39 Å². The highest BCUT2D eigenvalue weighted by Gasteiger charge is 2.09. The standard InChI is InChI=1S/C14H11Cl3FN/c1-8(9-2-5-14(18)13(17)6-9)19-10-3-4-11(15)12(16)7-10/h2-8,19H,1H3. The van der Waals surface area contributed by atoms with Crippen molar-refractivity contribution in [2.75, 3.05) is 5.32 Å². The van der Waals surface area contributed by atoms with E-state index in [4.69, 9.17) is 34.8 Å². The Morgan fingerprint density at radius 2 is 1.68 bits per heavy atom. The van der Waals surface area contributed by atoms with Crippen LogP contribution in [0.5, 0.6) is 0 Å². The number of hydrogen-bond acceptors (Lipinski definition) is 1. The molecule has 0 bridgehead atoms. The Labute approximate surface area is 126 Å². The molecule has 1 nitrogen and oxygen atoms in total. The van der Waals surface area contributed by atoms with Crippen molar-refractivity contribution in [2.24, 2.45) is 0 Å². The minimum atomic E-state index is -0.424. The monoisotopic (exact) mass is 317 g/mol. The summed E-state index contributed by atoms with van der Waals surface area (Å²) in [5, 5.41) is 4.35. The second-order valence-electron chi connectivity index (χ2n) is 4.17. The van der Waals surface area contributed by atoms with Crippen molar-refractivity contribution in [1.82, 2.24) is 0 Å². The Morgan fingerprint density at radius 3 is 2.32 bits per heavy atom. The van der Waals surface area contributed by atoms with E-state index in [-0.39, 0.29) is 11.1 Å². The van der Waals surface area contributed by atoms with E-state index >= 15 is 0 Å². The second-order valence-corrected chi connectivity index (χ2v) is 5.39. The zero-order valence-electron chi connectivity index (χ0n) is 10.1. The average molecular weight is 319 g/mol. The van der Waals surface area contributed by atoms with Gasteiger partial charge in [0.05, 0.1) is 15.1 Å². The summed E-state index contributed by atoms with van der Waals surface area (Å²) in [6.45, 7) is 1.95. The fraction of sp³-hybridized carbons (Fsp3) is 0.143. The molecule has 0 saturated carbocycles. The van der Waals surface area contributed by atoms with Gasteiger partial charge in [0.25, 0.3) is 0 Å². The van der Waals surface area contributed by atoms with Crippen LogP contribution >= 0.6 is 34.8 Å². The molecule has 0 aliphatic heterocycles. The third-order valence-electron chi connectivity index (χ3n) is 2.75. The summed E-state index contributed by atoms with van der Waals surface area (Å²) in [6, 6.07) is 9.90. The van der Waals surface area contributed by atoms with E-state index in [9.17, 15) is 4.39 Å². The Kier molecular flexibility index (Phi) is 4.56. The number of anilines is 1. The Hall–Kier alpha value is -0.960. The lowest BCUT2D eigenvalue weighted by atomic mass is 10.1. The zero-order valence-corrected chi connectivity index (χ0v) is 12.3. The largest absolute Gasteiger partial charge is 0.378 e. The molecule has 0 aliphatic carbocycles. The molecule has 0 heterocycles. The highest BCUT2D eigenvalue weighted by atomic mass is 35.5. The molecular formula is C14H11Cl3FN. The van der Waals surface area contributed by atoms with Crippen LogP contribution in [0, 0.1) is 5.82 Å². The fourth-order valence-corrected chi connectivity index (χ4v) is 2.19. The van der Waals surface area contributed by atoms with Crippen molar-refractivity contribution in [3.05, 3.63) is 62.8 Å². The lowest BCUT2D eigenvalue weighted by Crippen LogP contribution is -2.06. The molecule has 19 heavy (non-hydrogen) atoms. The fourth-order valence-electron chi connectivity index (χ4n) is 1.70. The molecule has 0 aromatic heterocycles. The summed E-state index contributed by atoms with van der Waals surface area (Å²) in [5.41, 5.74) is 1.72. The SMILES string of the molecule is CC(Nc1ccc(Cl)c(Cl)c1)c1ccc(F)c(Cl)c1. The van der Waals surface area contributed by atoms with Crippen LogP contribution in [0.1, 0.15) is 18.5 Å². The van der Waals surface area contributed by atoms with Gasteiger partial charge >= 0.3 is 0 Å². The molecule has 1 N–H and O–H groups in total. The zero-order chi connectivity index (χ0) is 14.0. The molecule has 0 fully saturated rings. The average Bonchev–Trinajstić information content (AvgIpc) is 2.37. The van der Waals surface area contributed by atoms with E-state index in [1.54, 1.807) is 24.3 Å². The molecule has 0 saturated heterocycles. The van der Waals surface area contributed by atoms with Gasteiger partial charge in [0.2, 0.25) is 0 Å². The van der Waals surface area contributed by atoms with Gasteiger partial charge in [-0.05, 0) is 42.8 Å². The van der Waals surface area contributed by atoms with Crippen LogP contribution in [-0.4, -0.2) is 0 Å². The van der Waals surface area contributed by atoms with Gasteiger partial charge in [0, 0.05) is 11.7 Å². The molecule has 2 rings (SSSR count). The van der Waals surface area contributed by atoms with Crippen molar-refractivity contribution in [2.45, 2.75) is 13.0 Å². The van der Waals surface area contributed by atoms with Gasteiger partial charge in [-0.25, -0.2) is 4.39 Å². The Bertz CT molecular complexity index is 601. The highest BCUT2D eigenvalue weighted by Crippen LogP contribution is 2.28. The van der Waals surface area contributed by atoms with Crippen LogP contribution in [0.2, 0.25) is 15.1 Å². The van der Waals surface area contributed by atoms with E-state index in [0.717, 1.165) is 11.3 Å². The molecule has 0 amide bonds. The van der Waals surface area contributed by atoms with E-state index in [1.807, 2.05) is 13.0 Å². The van der Waals surface area contributed by atoms with Crippen molar-refractivity contribution >= 4 is 40.5 Å². The predicted octanol–water partition coefficient (Wildman–Crippen LogP) is 5.96. The maximum atomic E-state index is 13.1. The molecule has 0 aliphatic rings. The minimum absolute atomic E-state index is 0.0321. The predicted molar refractivity (Wildman–Crippen MR) is 79.9 cm³/mol. The summed E-state index contributed by atoms with van der Waals surface area (Å²) in [7, 11) is 0. The van der Waals surface area contributed by atoms with Crippen molar-refractivity contribution in [3.8, 4) is 0 Å². The number of benzene rings is 2. The third kappa shape index (κ3) is 3.53. The van der Waals surface area contributed by atoms with Crippen LogP contribution in [0.3, 0.4) is 0 Å². The summed E-state index contributed by atoms with van der Waals surface area (Å²) in [4.78, 5) is 0. The molecule has 1 atom stereocenters. The van der Waals surface area contributed by atoms with Crippen molar-refractivity contribution in [1.29, 1.82) is 0 Å². The Morgan fingerprint density at radius 1 is 0.947 bits per heavy atom. The topological polar surface area (TPSA) is 12.0 Å². The van der Waals surface area contributed by atoms with Crippen LogP contribution in [0.15, 0.2) is 36.4 Å². The first-order valence-electron chi connectivity index (χ1n) is 5.64. The first-order chi connectivity index (χ1) is 8.97. The summed E-state index contributed by atoms with van der Waals surface area (Å²) < 4.78 is 13.1. The molecule has 0 spiro atoms. The smallest absolute Gasteiger partial charge is 0.141 e. The van der Waals surface area contributed by atoms with Crippen molar-refractivity contribution in [3.63, 3.8) is 0 Å². The number of halogens is 4. The Balaban J connectivity index is 2.17. The molecular weight excluding hydrogens is 308 g/mol. The minimum Gasteiger partial charge on any atom is -0.378 e. The molecule has 2 aromatic carbocycles. The molecule has 5 heteroatoms. The van der Waals surface area contributed by atoms with Gasteiger partial charge in [0.1, 0.15) is 5.82 Å².